The van der Waals surface area contributed by atoms with Crippen molar-refractivity contribution in [1.29, 1.82) is 0 Å². The van der Waals surface area contributed by atoms with Gasteiger partial charge in [-0.2, -0.15) is 0 Å². The van der Waals surface area contributed by atoms with Crippen LogP contribution in [0.4, 0.5) is 0 Å². The highest BCUT2D eigenvalue weighted by molar-refractivity contribution is 6.46. The van der Waals surface area contributed by atoms with Gasteiger partial charge in [-0.3, -0.25) is 14.6 Å². The van der Waals surface area contributed by atoms with E-state index in [1.165, 1.54) is 0 Å². The monoisotopic (exact) mass is 437 g/mol. The normalized spacial score (nSPS) is 17.9. The number of nitrogens with zero attached hydrogens (tertiary/aromatic N) is 3. The van der Waals surface area contributed by atoms with Crippen LogP contribution in [0.3, 0.4) is 0 Å². The molecule has 0 aliphatic carbocycles. The van der Waals surface area contributed by atoms with Gasteiger partial charge in [0.15, 0.2) is 0 Å². The van der Waals surface area contributed by atoms with E-state index in [0.717, 1.165) is 30.0 Å². The molecule has 1 unspecified atom stereocenters. The first kappa shape index (κ1) is 23.5. The first-order chi connectivity index (χ1) is 15.4. The molecular formula is C25H31N3O4. The number of rotatable bonds is 9. The Morgan fingerprint density at radius 3 is 2.41 bits per heavy atom. The van der Waals surface area contributed by atoms with Crippen molar-refractivity contribution in [2.45, 2.75) is 33.7 Å². The molecule has 0 bridgehead atoms. The Bertz CT molecular complexity index is 1000. The maximum Gasteiger partial charge on any atom is 0.295 e. The summed E-state index contributed by atoms with van der Waals surface area (Å²) in [6, 6.07) is 8.13. The summed E-state index contributed by atoms with van der Waals surface area (Å²) in [5.41, 5.74) is 2.16. The molecule has 0 radical (unpaired) electrons. The molecule has 32 heavy (non-hydrogen) atoms. The lowest BCUT2D eigenvalue weighted by Crippen LogP contribution is -2.38. The second kappa shape index (κ2) is 10.4. The summed E-state index contributed by atoms with van der Waals surface area (Å²) < 4.78 is 5.58. The topological polar surface area (TPSA) is 83.0 Å². The highest BCUT2D eigenvalue weighted by Crippen LogP contribution is 2.39. The molecule has 170 valence electrons. The van der Waals surface area contributed by atoms with Crippen LogP contribution in [0.15, 0.2) is 48.3 Å². The summed E-state index contributed by atoms with van der Waals surface area (Å²) in [5.74, 6) is -0.727. The fourth-order valence-corrected chi connectivity index (χ4v) is 4.06. The minimum Gasteiger partial charge on any atom is -0.507 e. The van der Waals surface area contributed by atoms with Gasteiger partial charge in [0.25, 0.3) is 11.7 Å². The number of benzene rings is 1. The number of aliphatic hydroxyl groups is 1. The standard InChI is InChI=1S/C25H31N3O4/c1-5-27(6-2)14-15-28-22(18-10-12-26-13-11-18)21(24(30)25(28)31)23(29)19-8-9-20(32-7-3)17(4)16-19/h8-13,16,22,29H,5-7,14-15H2,1-4H3/b23-21-. The molecule has 1 N–H and O–H groups in total. The van der Waals surface area contributed by atoms with Crippen LogP contribution < -0.4 is 4.74 Å². The molecular weight excluding hydrogens is 406 g/mol. The molecule has 1 fully saturated rings. The fourth-order valence-electron chi connectivity index (χ4n) is 4.06. The number of amides is 1. The van der Waals surface area contributed by atoms with E-state index in [0.29, 0.717) is 25.3 Å². The van der Waals surface area contributed by atoms with Gasteiger partial charge < -0.3 is 19.6 Å². The van der Waals surface area contributed by atoms with E-state index in [-0.39, 0.29) is 11.3 Å². The van der Waals surface area contributed by atoms with Crippen LogP contribution in [0, 0.1) is 6.92 Å². The minimum atomic E-state index is -0.671. The number of hydrogen-bond acceptors (Lipinski definition) is 6. The lowest BCUT2D eigenvalue weighted by Gasteiger charge is -2.28. The van der Waals surface area contributed by atoms with Gasteiger partial charge in [-0.05, 0) is 68.4 Å². The number of ether oxygens (including phenoxy) is 1. The number of Topliss-reactive ketones (excluding diaryl/α,β-unsaturated/α-hetero) is 1. The maximum absolute atomic E-state index is 13.1. The summed E-state index contributed by atoms with van der Waals surface area (Å²) in [7, 11) is 0. The fraction of sp³-hybridized carbons (Fsp3) is 0.400. The van der Waals surface area contributed by atoms with Gasteiger partial charge in [-0.1, -0.05) is 13.8 Å². The quantitative estimate of drug-likeness (QED) is 0.367. The number of ketones is 1. The van der Waals surface area contributed by atoms with Crippen LogP contribution in [0.5, 0.6) is 5.75 Å². The number of likely N-dealkylation sites (N-methyl/N-ethyl adjacent to an activating group) is 1. The Kier molecular flexibility index (Phi) is 7.64. The number of aromatic nitrogens is 1. The summed E-state index contributed by atoms with van der Waals surface area (Å²) >= 11 is 0. The zero-order valence-electron chi connectivity index (χ0n) is 19.2. The molecule has 1 saturated heterocycles. The smallest absolute Gasteiger partial charge is 0.295 e. The van der Waals surface area contributed by atoms with Crippen molar-refractivity contribution >= 4 is 17.4 Å². The Morgan fingerprint density at radius 1 is 1.12 bits per heavy atom. The third-order valence-corrected chi connectivity index (χ3v) is 5.86. The Hall–Kier alpha value is -3.19. The van der Waals surface area contributed by atoms with Crippen molar-refractivity contribution < 1.29 is 19.4 Å². The Balaban J connectivity index is 2.07. The molecule has 2 heterocycles. The van der Waals surface area contributed by atoms with E-state index in [9.17, 15) is 14.7 Å². The molecule has 3 rings (SSSR count). The van der Waals surface area contributed by atoms with Gasteiger partial charge in [-0.25, -0.2) is 0 Å². The third kappa shape index (κ3) is 4.67. The van der Waals surface area contributed by atoms with Crippen molar-refractivity contribution in [3.8, 4) is 5.75 Å². The van der Waals surface area contributed by atoms with Gasteiger partial charge >= 0.3 is 0 Å². The molecule has 0 saturated carbocycles. The van der Waals surface area contributed by atoms with Gasteiger partial charge in [0.05, 0.1) is 18.2 Å². The number of likely N-dealkylation sites (tertiary alicyclic amines) is 1. The van der Waals surface area contributed by atoms with Crippen LogP contribution in [-0.4, -0.2) is 64.4 Å². The second-order valence-electron chi connectivity index (χ2n) is 7.71. The summed E-state index contributed by atoms with van der Waals surface area (Å²) in [6.07, 6.45) is 3.25. The molecule has 7 nitrogen and oxygen atoms in total. The van der Waals surface area contributed by atoms with Crippen LogP contribution in [-0.2, 0) is 9.59 Å². The van der Waals surface area contributed by atoms with E-state index in [1.807, 2.05) is 13.8 Å². The maximum atomic E-state index is 13.1. The van der Waals surface area contributed by atoms with Crippen LogP contribution >= 0.6 is 0 Å². The molecule has 0 spiro atoms. The van der Waals surface area contributed by atoms with Crippen molar-refractivity contribution in [1.82, 2.24) is 14.8 Å². The van der Waals surface area contributed by atoms with Crippen LogP contribution in [0.2, 0.25) is 0 Å². The van der Waals surface area contributed by atoms with Crippen molar-refractivity contribution in [3.05, 3.63) is 65.0 Å². The average Bonchev–Trinajstić information content (AvgIpc) is 3.06. The molecule has 1 aromatic carbocycles. The number of pyridine rings is 1. The van der Waals surface area contributed by atoms with Gasteiger partial charge in [0.1, 0.15) is 11.5 Å². The van der Waals surface area contributed by atoms with E-state index < -0.39 is 17.7 Å². The largest absolute Gasteiger partial charge is 0.507 e. The summed E-state index contributed by atoms with van der Waals surface area (Å²) in [6.45, 7) is 11.2. The third-order valence-electron chi connectivity index (χ3n) is 5.86. The number of carbonyl (C=O) groups excluding carboxylic acids is 2. The molecule has 1 aliphatic rings. The Morgan fingerprint density at radius 2 is 1.81 bits per heavy atom. The van der Waals surface area contributed by atoms with E-state index >= 15 is 0 Å². The molecule has 1 amide bonds. The number of aliphatic hydroxyl groups excluding tert-OH is 1. The van der Waals surface area contributed by atoms with E-state index in [4.69, 9.17) is 4.74 Å². The molecule has 7 heteroatoms. The van der Waals surface area contributed by atoms with E-state index in [1.54, 1.807) is 47.6 Å². The van der Waals surface area contributed by atoms with Crippen molar-refractivity contribution in [2.24, 2.45) is 0 Å². The lowest BCUT2D eigenvalue weighted by atomic mass is 9.95. The molecule has 1 aromatic heterocycles. The summed E-state index contributed by atoms with van der Waals surface area (Å²) in [5, 5.41) is 11.2. The lowest BCUT2D eigenvalue weighted by molar-refractivity contribution is -0.140. The molecule has 2 aromatic rings. The van der Waals surface area contributed by atoms with Gasteiger partial charge in [0, 0.05) is 31.0 Å². The second-order valence-corrected chi connectivity index (χ2v) is 7.71. The van der Waals surface area contributed by atoms with Gasteiger partial charge in [-0.15, -0.1) is 0 Å². The van der Waals surface area contributed by atoms with Crippen LogP contribution in [0.1, 0.15) is 43.5 Å². The predicted octanol–water partition coefficient (Wildman–Crippen LogP) is 3.55. The van der Waals surface area contributed by atoms with Crippen molar-refractivity contribution in [2.75, 3.05) is 32.8 Å². The first-order valence-electron chi connectivity index (χ1n) is 11.1. The first-order valence-corrected chi connectivity index (χ1v) is 11.1. The van der Waals surface area contributed by atoms with Crippen LogP contribution in [0.25, 0.3) is 5.76 Å². The van der Waals surface area contributed by atoms with Crippen molar-refractivity contribution in [3.63, 3.8) is 0 Å². The summed E-state index contributed by atoms with van der Waals surface area (Å²) in [4.78, 5) is 33.9. The SMILES string of the molecule is CCOc1ccc(/C(O)=C2/C(=O)C(=O)N(CCN(CC)CC)C2c2ccncc2)cc1C. The Labute approximate surface area is 189 Å². The zero-order chi connectivity index (χ0) is 23.3. The minimum absolute atomic E-state index is 0.101. The predicted molar refractivity (Wildman–Crippen MR) is 123 cm³/mol. The molecule has 1 aliphatic heterocycles. The number of hydrogen-bond donors (Lipinski definition) is 1. The number of carbonyl (C=O) groups is 2. The van der Waals surface area contributed by atoms with E-state index in [2.05, 4.69) is 23.7 Å². The average molecular weight is 438 g/mol. The zero-order valence-corrected chi connectivity index (χ0v) is 19.2. The van der Waals surface area contributed by atoms with Gasteiger partial charge in [0.2, 0.25) is 0 Å². The highest BCUT2D eigenvalue weighted by atomic mass is 16.5. The highest BCUT2D eigenvalue weighted by Gasteiger charge is 2.45. The molecule has 1 atom stereocenters. The number of aryl methyl sites for hydroxylation is 1.